The number of hydrogen-bond acceptors (Lipinski definition) is 3. The molecule has 1 amide bonds. The number of halogens is 1. The van der Waals surface area contributed by atoms with Crippen LogP contribution >= 0.6 is 24.0 Å². The van der Waals surface area contributed by atoms with Gasteiger partial charge in [-0.25, -0.2) is 4.99 Å². The molecule has 1 aliphatic heterocycles. The highest BCUT2D eigenvalue weighted by Gasteiger charge is 2.17. The van der Waals surface area contributed by atoms with Crippen LogP contribution in [-0.2, 0) is 4.79 Å². The zero-order valence-electron chi connectivity index (χ0n) is 15.4. The number of aliphatic imine (C=N–C) groups is 1. The number of hydrogen-bond donors (Lipinski definition) is 2. The van der Waals surface area contributed by atoms with Gasteiger partial charge in [0.1, 0.15) is 6.54 Å². The Morgan fingerprint density at radius 1 is 1.38 bits per heavy atom. The summed E-state index contributed by atoms with van der Waals surface area (Å²) in [7, 11) is 3.48. The van der Waals surface area contributed by atoms with Gasteiger partial charge in [-0.15, -0.1) is 30.6 Å². The summed E-state index contributed by atoms with van der Waals surface area (Å²) < 4.78 is 0. The Kier molecular flexibility index (Phi) is 13.0. The van der Waals surface area contributed by atoms with E-state index in [2.05, 4.69) is 34.0 Å². The number of nitrogens with one attached hydrogen (secondary N) is 2. The van der Waals surface area contributed by atoms with Crippen LogP contribution in [0, 0.1) is 0 Å². The van der Waals surface area contributed by atoms with E-state index in [1.54, 1.807) is 25.1 Å². The van der Waals surface area contributed by atoms with Crippen molar-refractivity contribution in [3.8, 4) is 0 Å². The summed E-state index contributed by atoms with van der Waals surface area (Å²) in [5, 5.41) is 6.44. The first-order valence-corrected chi connectivity index (χ1v) is 8.62. The van der Waals surface area contributed by atoms with Crippen molar-refractivity contribution < 1.29 is 4.79 Å². The maximum atomic E-state index is 11.6. The van der Waals surface area contributed by atoms with Gasteiger partial charge < -0.3 is 20.4 Å². The van der Waals surface area contributed by atoms with Gasteiger partial charge in [-0.1, -0.05) is 12.5 Å². The van der Waals surface area contributed by atoms with Crippen LogP contribution in [0.25, 0.3) is 0 Å². The lowest BCUT2D eigenvalue weighted by atomic mass is 10.0. The molecule has 7 heteroatoms. The molecule has 1 aliphatic rings. The van der Waals surface area contributed by atoms with Crippen molar-refractivity contribution >= 4 is 35.8 Å². The minimum Gasteiger partial charge on any atom is -0.356 e. The predicted molar refractivity (Wildman–Crippen MR) is 112 cm³/mol. The monoisotopic (exact) mass is 451 g/mol. The minimum absolute atomic E-state index is 0. The quantitative estimate of drug-likeness (QED) is 0.194. The fourth-order valence-electron chi connectivity index (χ4n) is 2.61. The van der Waals surface area contributed by atoms with E-state index in [4.69, 9.17) is 0 Å². The minimum atomic E-state index is -0.00755. The van der Waals surface area contributed by atoms with Gasteiger partial charge >= 0.3 is 0 Å². The fourth-order valence-corrected chi connectivity index (χ4v) is 2.61. The van der Waals surface area contributed by atoms with Crippen molar-refractivity contribution in [1.29, 1.82) is 0 Å². The molecule has 0 bridgehead atoms. The largest absolute Gasteiger partial charge is 0.356 e. The number of amides is 1. The van der Waals surface area contributed by atoms with E-state index in [0.29, 0.717) is 18.5 Å². The van der Waals surface area contributed by atoms with Crippen LogP contribution in [0.1, 0.15) is 32.6 Å². The molecule has 0 aromatic heterocycles. The van der Waals surface area contributed by atoms with Gasteiger partial charge in [0.25, 0.3) is 0 Å². The van der Waals surface area contributed by atoms with Gasteiger partial charge in [0.2, 0.25) is 5.91 Å². The van der Waals surface area contributed by atoms with Crippen LogP contribution in [0.3, 0.4) is 0 Å². The Balaban J connectivity index is 0.00000529. The van der Waals surface area contributed by atoms with Crippen molar-refractivity contribution in [3.63, 3.8) is 0 Å². The molecule has 6 nitrogen and oxygen atoms in total. The molecule has 0 aromatic rings. The van der Waals surface area contributed by atoms with Crippen molar-refractivity contribution in [2.45, 2.75) is 38.6 Å². The molecular formula is C17H34IN5O. The topological polar surface area (TPSA) is 60.0 Å². The SMILES string of the molecule is C=CCNC(=NCC(=O)N(C)C)NCCCN1CCCCC1C.I. The van der Waals surface area contributed by atoms with E-state index >= 15 is 0 Å². The van der Waals surface area contributed by atoms with Gasteiger partial charge in [-0.05, 0) is 32.7 Å². The van der Waals surface area contributed by atoms with E-state index in [0.717, 1.165) is 19.5 Å². The Hall–Kier alpha value is -0.830. The lowest BCUT2D eigenvalue weighted by Gasteiger charge is -2.33. The van der Waals surface area contributed by atoms with Gasteiger partial charge in [0.15, 0.2) is 5.96 Å². The summed E-state index contributed by atoms with van der Waals surface area (Å²) in [4.78, 5) is 20.1. The molecule has 0 saturated carbocycles. The molecule has 0 radical (unpaired) electrons. The van der Waals surface area contributed by atoms with Gasteiger partial charge in [-0.2, -0.15) is 0 Å². The molecule has 1 atom stereocenters. The third-order valence-corrected chi connectivity index (χ3v) is 4.14. The van der Waals surface area contributed by atoms with Crippen LogP contribution < -0.4 is 10.6 Å². The van der Waals surface area contributed by atoms with Crippen molar-refractivity contribution in [2.75, 3.05) is 46.8 Å². The first-order chi connectivity index (χ1) is 11.0. The molecule has 24 heavy (non-hydrogen) atoms. The zero-order valence-corrected chi connectivity index (χ0v) is 17.7. The first kappa shape index (κ1) is 23.2. The van der Waals surface area contributed by atoms with Crippen molar-refractivity contribution in [1.82, 2.24) is 20.4 Å². The second-order valence-electron chi connectivity index (χ2n) is 6.28. The summed E-state index contributed by atoms with van der Waals surface area (Å²) in [5.41, 5.74) is 0. The number of piperidine rings is 1. The molecule has 0 aliphatic carbocycles. The zero-order chi connectivity index (χ0) is 17.1. The van der Waals surface area contributed by atoms with Crippen molar-refractivity contribution in [2.24, 2.45) is 4.99 Å². The number of rotatable bonds is 8. The van der Waals surface area contributed by atoms with Crippen LogP contribution in [0.4, 0.5) is 0 Å². The van der Waals surface area contributed by atoms with Gasteiger partial charge in [0, 0.05) is 39.8 Å². The molecule has 1 fully saturated rings. The molecule has 0 spiro atoms. The Morgan fingerprint density at radius 3 is 2.75 bits per heavy atom. The van der Waals surface area contributed by atoms with E-state index in [1.165, 1.54) is 25.8 Å². The summed E-state index contributed by atoms with van der Waals surface area (Å²) >= 11 is 0. The van der Waals surface area contributed by atoms with Gasteiger partial charge in [-0.3, -0.25) is 4.79 Å². The number of likely N-dealkylation sites (N-methyl/N-ethyl adjacent to an activating group) is 1. The normalized spacial score (nSPS) is 18.5. The van der Waals surface area contributed by atoms with E-state index < -0.39 is 0 Å². The van der Waals surface area contributed by atoms with Crippen LogP contribution in [0.15, 0.2) is 17.6 Å². The Morgan fingerprint density at radius 2 is 2.12 bits per heavy atom. The third kappa shape index (κ3) is 9.46. The summed E-state index contributed by atoms with van der Waals surface area (Å²) in [5.74, 6) is 0.665. The molecular weight excluding hydrogens is 417 g/mol. The van der Waals surface area contributed by atoms with Gasteiger partial charge in [0.05, 0.1) is 0 Å². The number of guanidine groups is 1. The summed E-state index contributed by atoms with van der Waals surface area (Å²) in [6, 6.07) is 0.702. The Labute approximate surface area is 164 Å². The highest BCUT2D eigenvalue weighted by Crippen LogP contribution is 2.15. The van der Waals surface area contributed by atoms with Crippen LogP contribution in [0.5, 0.6) is 0 Å². The average molecular weight is 451 g/mol. The van der Waals surface area contributed by atoms with Crippen LogP contribution in [-0.4, -0.2) is 74.5 Å². The maximum Gasteiger partial charge on any atom is 0.243 e. The second kappa shape index (κ2) is 13.5. The standard InChI is InChI=1S/C17H33N5O.HI/c1-5-10-18-17(20-14-16(23)21(3)4)19-11-8-13-22-12-7-6-9-15(22)2;/h5,15H,1,6-14H2,2-4H3,(H2,18,19,20);1H. The number of carbonyl (C=O) groups excluding carboxylic acids is 1. The highest BCUT2D eigenvalue weighted by molar-refractivity contribution is 14.0. The van der Waals surface area contributed by atoms with E-state index in [9.17, 15) is 4.79 Å². The molecule has 1 saturated heterocycles. The first-order valence-electron chi connectivity index (χ1n) is 8.62. The van der Waals surface area contributed by atoms with E-state index in [-0.39, 0.29) is 36.4 Å². The molecule has 0 aromatic carbocycles. The number of carbonyl (C=O) groups is 1. The van der Waals surface area contributed by atoms with Crippen LogP contribution in [0.2, 0.25) is 0 Å². The molecule has 2 N–H and O–H groups in total. The Bertz CT molecular complexity index is 400. The highest BCUT2D eigenvalue weighted by atomic mass is 127. The predicted octanol–water partition coefficient (Wildman–Crippen LogP) is 1.68. The smallest absolute Gasteiger partial charge is 0.243 e. The van der Waals surface area contributed by atoms with E-state index in [1.807, 2.05) is 0 Å². The fraction of sp³-hybridized carbons (Fsp3) is 0.765. The number of likely N-dealkylation sites (tertiary alicyclic amines) is 1. The van der Waals surface area contributed by atoms with Crippen molar-refractivity contribution in [3.05, 3.63) is 12.7 Å². The molecule has 1 heterocycles. The lowest BCUT2D eigenvalue weighted by molar-refractivity contribution is -0.127. The summed E-state index contributed by atoms with van der Waals surface area (Å²) in [6.07, 6.45) is 6.84. The summed E-state index contributed by atoms with van der Waals surface area (Å²) in [6.45, 7) is 9.97. The third-order valence-electron chi connectivity index (χ3n) is 4.14. The maximum absolute atomic E-state index is 11.6. The molecule has 140 valence electrons. The average Bonchev–Trinajstić information content (AvgIpc) is 2.54. The molecule has 1 unspecified atom stereocenters. The molecule has 1 rings (SSSR count). The second-order valence-corrected chi connectivity index (χ2v) is 6.28. The lowest BCUT2D eigenvalue weighted by Crippen LogP contribution is -2.41. The number of nitrogens with zero attached hydrogens (tertiary/aromatic N) is 3.